The number of carbonyl (C=O) groups excluding carboxylic acids is 2. The molecular formula is C11H22N2O4. The lowest BCUT2D eigenvalue weighted by Crippen LogP contribution is -2.45. The molecule has 6 nitrogen and oxygen atoms in total. The summed E-state index contributed by atoms with van der Waals surface area (Å²) < 4.78 is 0. The molecule has 0 spiro atoms. The Balaban J connectivity index is 4.18. The van der Waals surface area contributed by atoms with Crippen molar-refractivity contribution in [2.75, 3.05) is 32.8 Å². The Labute approximate surface area is 102 Å². The van der Waals surface area contributed by atoms with Crippen LogP contribution in [0.4, 0.5) is 0 Å². The lowest BCUT2D eigenvalue weighted by molar-refractivity contribution is -0.135. The van der Waals surface area contributed by atoms with E-state index in [1.165, 1.54) is 4.90 Å². The molecule has 0 aromatic carbocycles. The molecule has 0 saturated carbocycles. The highest BCUT2D eigenvalue weighted by Crippen LogP contribution is 2.11. The lowest BCUT2D eigenvalue weighted by atomic mass is 9.96. The van der Waals surface area contributed by atoms with E-state index in [0.29, 0.717) is 0 Å². The normalized spacial score (nSPS) is 11.1. The average Bonchev–Trinajstić information content (AvgIpc) is 2.23. The van der Waals surface area contributed by atoms with E-state index in [9.17, 15) is 9.59 Å². The van der Waals surface area contributed by atoms with E-state index in [4.69, 9.17) is 10.2 Å². The van der Waals surface area contributed by atoms with Crippen molar-refractivity contribution in [1.82, 2.24) is 10.2 Å². The summed E-state index contributed by atoms with van der Waals surface area (Å²) in [7, 11) is 0. The minimum atomic E-state index is -0.543. The monoisotopic (exact) mass is 246 g/mol. The zero-order chi connectivity index (χ0) is 13.5. The molecule has 0 aromatic rings. The standard InChI is InChI=1S/C11H22N2O4/c1-11(2,3)10(17)12-8-9(16)13(4-6-14)5-7-15/h14-15H,4-8H2,1-3H3,(H,12,17). The molecule has 0 heterocycles. The third-order valence-corrected chi connectivity index (χ3v) is 2.17. The van der Waals surface area contributed by atoms with Crippen LogP contribution >= 0.6 is 0 Å². The Morgan fingerprint density at radius 1 is 1.12 bits per heavy atom. The van der Waals surface area contributed by atoms with Gasteiger partial charge in [-0.25, -0.2) is 0 Å². The Bertz CT molecular complexity index is 255. The maximum Gasteiger partial charge on any atom is 0.242 e. The van der Waals surface area contributed by atoms with E-state index in [-0.39, 0.29) is 44.7 Å². The molecule has 0 saturated heterocycles. The maximum atomic E-state index is 11.6. The minimum Gasteiger partial charge on any atom is -0.395 e. The zero-order valence-corrected chi connectivity index (χ0v) is 10.7. The smallest absolute Gasteiger partial charge is 0.242 e. The zero-order valence-electron chi connectivity index (χ0n) is 10.7. The van der Waals surface area contributed by atoms with Gasteiger partial charge in [0.05, 0.1) is 19.8 Å². The summed E-state index contributed by atoms with van der Waals surface area (Å²) in [6.07, 6.45) is 0. The quantitative estimate of drug-likeness (QED) is 0.558. The van der Waals surface area contributed by atoms with Crippen LogP contribution in [0.3, 0.4) is 0 Å². The van der Waals surface area contributed by atoms with Crippen LogP contribution in [0, 0.1) is 5.41 Å². The number of nitrogens with one attached hydrogen (secondary N) is 1. The molecule has 0 bridgehead atoms. The molecular weight excluding hydrogens is 224 g/mol. The number of rotatable bonds is 6. The van der Waals surface area contributed by atoms with Crippen molar-refractivity contribution < 1.29 is 19.8 Å². The molecule has 0 aliphatic carbocycles. The highest BCUT2D eigenvalue weighted by Gasteiger charge is 2.22. The molecule has 0 aliphatic rings. The molecule has 0 atom stereocenters. The number of nitrogens with zero attached hydrogens (tertiary/aromatic N) is 1. The number of aliphatic hydroxyl groups is 2. The molecule has 0 rings (SSSR count). The second-order valence-corrected chi connectivity index (χ2v) is 4.76. The first-order chi connectivity index (χ1) is 7.82. The molecule has 6 heteroatoms. The van der Waals surface area contributed by atoms with Crippen LogP contribution in [-0.4, -0.2) is 59.8 Å². The van der Waals surface area contributed by atoms with Crippen LogP contribution in [0.1, 0.15) is 20.8 Å². The van der Waals surface area contributed by atoms with Gasteiger partial charge < -0.3 is 20.4 Å². The van der Waals surface area contributed by atoms with E-state index in [2.05, 4.69) is 5.32 Å². The third kappa shape index (κ3) is 6.23. The van der Waals surface area contributed by atoms with E-state index >= 15 is 0 Å². The number of hydrogen-bond donors (Lipinski definition) is 3. The summed E-state index contributed by atoms with van der Waals surface area (Å²) in [4.78, 5) is 24.5. The Morgan fingerprint density at radius 2 is 1.59 bits per heavy atom. The van der Waals surface area contributed by atoms with Gasteiger partial charge >= 0.3 is 0 Å². The van der Waals surface area contributed by atoms with Crippen LogP contribution in [-0.2, 0) is 9.59 Å². The summed E-state index contributed by atoms with van der Waals surface area (Å²) in [5, 5.41) is 20.0. The van der Waals surface area contributed by atoms with Crippen LogP contribution in [0.2, 0.25) is 0 Å². The molecule has 0 aliphatic heterocycles. The molecule has 100 valence electrons. The number of amides is 2. The van der Waals surface area contributed by atoms with E-state index in [1.54, 1.807) is 20.8 Å². The minimum absolute atomic E-state index is 0.115. The summed E-state index contributed by atoms with van der Waals surface area (Å²) in [6, 6.07) is 0. The van der Waals surface area contributed by atoms with Crippen molar-refractivity contribution in [3.63, 3.8) is 0 Å². The largest absolute Gasteiger partial charge is 0.395 e. The van der Waals surface area contributed by atoms with Crippen molar-refractivity contribution >= 4 is 11.8 Å². The van der Waals surface area contributed by atoms with Gasteiger partial charge in [-0.2, -0.15) is 0 Å². The molecule has 3 N–H and O–H groups in total. The van der Waals surface area contributed by atoms with Gasteiger partial charge in [-0.05, 0) is 0 Å². The van der Waals surface area contributed by atoms with Crippen molar-refractivity contribution in [2.24, 2.45) is 5.41 Å². The van der Waals surface area contributed by atoms with Gasteiger partial charge in [-0.1, -0.05) is 20.8 Å². The number of carbonyl (C=O) groups is 2. The number of aliphatic hydroxyl groups excluding tert-OH is 2. The lowest BCUT2D eigenvalue weighted by Gasteiger charge is -2.22. The molecule has 0 unspecified atom stereocenters. The fraction of sp³-hybridized carbons (Fsp3) is 0.818. The van der Waals surface area contributed by atoms with Crippen molar-refractivity contribution in [3.05, 3.63) is 0 Å². The first-order valence-corrected chi connectivity index (χ1v) is 5.60. The fourth-order valence-corrected chi connectivity index (χ4v) is 1.14. The molecule has 0 fully saturated rings. The van der Waals surface area contributed by atoms with Crippen LogP contribution in [0.25, 0.3) is 0 Å². The molecule has 2 amide bonds. The van der Waals surface area contributed by atoms with Gasteiger partial charge in [0.2, 0.25) is 11.8 Å². The summed E-state index contributed by atoms with van der Waals surface area (Å²) in [6.45, 7) is 5.13. The molecule has 17 heavy (non-hydrogen) atoms. The van der Waals surface area contributed by atoms with Gasteiger partial charge in [-0.3, -0.25) is 9.59 Å². The third-order valence-electron chi connectivity index (χ3n) is 2.17. The SMILES string of the molecule is CC(C)(C)C(=O)NCC(=O)N(CCO)CCO. The predicted octanol–water partition coefficient (Wildman–Crippen LogP) is -1.04. The van der Waals surface area contributed by atoms with Gasteiger partial charge in [0.15, 0.2) is 0 Å². The van der Waals surface area contributed by atoms with E-state index in [0.717, 1.165) is 0 Å². The Morgan fingerprint density at radius 3 is 1.94 bits per heavy atom. The molecule has 0 aromatic heterocycles. The highest BCUT2D eigenvalue weighted by molar-refractivity contribution is 5.87. The highest BCUT2D eigenvalue weighted by atomic mass is 16.3. The van der Waals surface area contributed by atoms with Crippen molar-refractivity contribution in [1.29, 1.82) is 0 Å². The first-order valence-electron chi connectivity index (χ1n) is 5.60. The number of hydrogen-bond acceptors (Lipinski definition) is 4. The second kappa shape index (κ2) is 7.24. The van der Waals surface area contributed by atoms with Crippen LogP contribution in [0.15, 0.2) is 0 Å². The summed E-state index contributed by atoms with van der Waals surface area (Å²) in [5.74, 6) is -0.524. The maximum absolute atomic E-state index is 11.6. The Kier molecular flexibility index (Phi) is 6.75. The van der Waals surface area contributed by atoms with Gasteiger partial charge in [0, 0.05) is 18.5 Å². The summed E-state index contributed by atoms with van der Waals surface area (Å²) in [5.41, 5.74) is -0.543. The Hall–Kier alpha value is -1.14. The van der Waals surface area contributed by atoms with Crippen LogP contribution in [0.5, 0.6) is 0 Å². The van der Waals surface area contributed by atoms with Crippen LogP contribution < -0.4 is 5.32 Å². The van der Waals surface area contributed by atoms with Crippen molar-refractivity contribution in [2.45, 2.75) is 20.8 Å². The fourth-order valence-electron chi connectivity index (χ4n) is 1.14. The summed E-state index contributed by atoms with van der Waals surface area (Å²) >= 11 is 0. The van der Waals surface area contributed by atoms with E-state index in [1.807, 2.05) is 0 Å². The van der Waals surface area contributed by atoms with Gasteiger partial charge in [0.25, 0.3) is 0 Å². The average molecular weight is 246 g/mol. The predicted molar refractivity (Wildman–Crippen MR) is 63.2 cm³/mol. The topological polar surface area (TPSA) is 89.9 Å². The van der Waals surface area contributed by atoms with Gasteiger partial charge in [-0.15, -0.1) is 0 Å². The molecule has 0 radical (unpaired) electrons. The van der Waals surface area contributed by atoms with Crippen molar-refractivity contribution in [3.8, 4) is 0 Å². The van der Waals surface area contributed by atoms with E-state index < -0.39 is 5.41 Å². The second-order valence-electron chi connectivity index (χ2n) is 4.76. The first kappa shape index (κ1) is 15.9. The van der Waals surface area contributed by atoms with Gasteiger partial charge in [0.1, 0.15) is 0 Å².